The molecule has 0 saturated carbocycles. The van der Waals surface area contributed by atoms with E-state index in [0.717, 1.165) is 16.7 Å². The number of carbonyl (C=O) groups is 1. The molecule has 0 unspecified atom stereocenters. The highest BCUT2D eigenvalue weighted by molar-refractivity contribution is 7.80. The summed E-state index contributed by atoms with van der Waals surface area (Å²) in [5.41, 5.74) is 1.12. The number of aromatic nitrogens is 1. The Labute approximate surface area is 214 Å². The van der Waals surface area contributed by atoms with Crippen LogP contribution in [0, 0.1) is 18.6 Å². The smallest absolute Gasteiger partial charge is 0.187 e. The summed E-state index contributed by atoms with van der Waals surface area (Å²) in [6.07, 6.45) is 1.61. The van der Waals surface area contributed by atoms with Gasteiger partial charge in [-0.1, -0.05) is 30.4 Å². The van der Waals surface area contributed by atoms with Crippen LogP contribution < -0.4 is 10.1 Å². The maximum Gasteiger partial charge on any atom is 0.187 e. The van der Waals surface area contributed by atoms with E-state index >= 15 is 0 Å². The molecule has 0 spiro atoms. The highest BCUT2D eigenvalue weighted by Gasteiger charge is 2.31. The molecule has 36 heavy (non-hydrogen) atoms. The first-order valence-electron chi connectivity index (χ1n) is 11.2. The van der Waals surface area contributed by atoms with Crippen molar-refractivity contribution in [3.63, 3.8) is 0 Å². The highest BCUT2D eigenvalue weighted by Crippen LogP contribution is 2.33. The number of rotatable bonds is 10. The minimum atomic E-state index is -1.26. The number of hydrogen-bond acceptors (Lipinski definition) is 6. The molecule has 190 valence electrons. The Kier molecular flexibility index (Phi) is 8.70. The van der Waals surface area contributed by atoms with Crippen molar-refractivity contribution in [2.75, 3.05) is 13.7 Å². The monoisotopic (exact) mass is 514 g/mol. The molecular formula is C27H28F2N2O4S. The molecule has 2 N–H and O–H groups in total. The van der Waals surface area contributed by atoms with E-state index in [2.05, 4.69) is 10.3 Å². The normalized spacial score (nSPS) is 14.4. The summed E-state index contributed by atoms with van der Waals surface area (Å²) < 4.78 is 38.6. The molecule has 0 radical (unpaired) electrons. The van der Waals surface area contributed by atoms with Crippen molar-refractivity contribution in [1.82, 2.24) is 10.3 Å². The van der Waals surface area contributed by atoms with Gasteiger partial charge >= 0.3 is 0 Å². The molecule has 0 aliphatic rings. The van der Waals surface area contributed by atoms with Crippen molar-refractivity contribution in [2.45, 2.75) is 38.3 Å². The Balaban J connectivity index is 1.83. The number of ether oxygens (including phenoxy) is 2. The van der Waals surface area contributed by atoms with Gasteiger partial charge in [-0.15, -0.1) is 0 Å². The van der Waals surface area contributed by atoms with Crippen LogP contribution in [0.15, 0.2) is 54.7 Å². The number of pyridine rings is 1. The number of nitrogens with one attached hydrogen (secondary N) is 1. The third kappa shape index (κ3) is 6.22. The zero-order chi connectivity index (χ0) is 26.5. The molecule has 6 nitrogen and oxygen atoms in total. The van der Waals surface area contributed by atoms with Crippen LogP contribution in [0.3, 0.4) is 0 Å². The van der Waals surface area contributed by atoms with Gasteiger partial charge in [0.05, 0.1) is 19.8 Å². The largest absolute Gasteiger partial charge is 0.503 e. The lowest BCUT2D eigenvalue weighted by molar-refractivity contribution is -0.115. The van der Waals surface area contributed by atoms with Gasteiger partial charge in [-0.05, 0) is 61.7 Å². The quantitative estimate of drug-likeness (QED) is 0.296. The zero-order valence-corrected chi connectivity index (χ0v) is 21.2. The number of methoxy groups -OCH3 is 1. The second-order valence-corrected chi connectivity index (χ2v) is 9.15. The van der Waals surface area contributed by atoms with Crippen molar-refractivity contribution in [3.8, 4) is 11.5 Å². The number of nitrogens with zero attached hydrogens (tertiary/aromatic N) is 1. The molecule has 1 aromatic heterocycles. The zero-order valence-electron chi connectivity index (χ0n) is 20.4. The van der Waals surface area contributed by atoms with E-state index in [9.17, 15) is 18.7 Å². The van der Waals surface area contributed by atoms with E-state index in [4.69, 9.17) is 21.7 Å². The van der Waals surface area contributed by atoms with Crippen LogP contribution in [0.1, 0.15) is 42.1 Å². The van der Waals surface area contributed by atoms with E-state index in [-0.39, 0.29) is 46.3 Å². The summed E-state index contributed by atoms with van der Waals surface area (Å²) >= 11 is 5.38. The van der Waals surface area contributed by atoms with Crippen molar-refractivity contribution < 1.29 is 28.2 Å². The molecule has 0 saturated heterocycles. The van der Waals surface area contributed by atoms with Crippen LogP contribution in [0.4, 0.5) is 8.78 Å². The molecule has 9 heteroatoms. The Morgan fingerprint density at radius 3 is 2.47 bits per heavy atom. The van der Waals surface area contributed by atoms with E-state index in [0.29, 0.717) is 6.29 Å². The molecule has 0 fully saturated rings. The number of halogens is 2. The molecule has 3 atom stereocenters. The van der Waals surface area contributed by atoms with E-state index < -0.39 is 11.6 Å². The Morgan fingerprint density at radius 2 is 1.86 bits per heavy atom. The second-order valence-electron chi connectivity index (χ2n) is 8.75. The van der Waals surface area contributed by atoms with Gasteiger partial charge in [-0.3, -0.25) is 0 Å². The lowest BCUT2D eigenvalue weighted by Gasteiger charge is -2.31. The predicted molar refractivity (Wildman–Crippen MR) is 137 cm³/mol. The van der Waals surface area contributed by atoms with Crippen LogP contribution >= 0.6 is 12.2 Å². The molecule has 2 aromatic carbocycles. The fourth-order valence-corrected chi connectivity index (χ4v) is 4.33. The van der Waals surface area contributed by atoms with E-state index in [1.165, 1.54) is 43.6 Å². The second kappa shape index (κ2) is 11.5. The van der Waals surface area contributed by atoms with Crippen molar-refractivity contribution in [2.24, 2.45) is 0 Å². The van der Waals surface area contributed by atoms with Crippen LogP contribution in [-0.4, -0.2) is 46.7 Å². The number of benzene rings is 2. The number of aryl methyl sites for hydroxylation is 1. The standard InChI is InChI=1S/C27H28F2N2O4S/c1-16-13-20(29)9-10-21(16)23(18-5-7-19(28)8-6-18)17(2)35-15-27(3,14-32)31-26(36)24-25(33)22(34-4)11-12-30-24/h5-14,17,23,33H,15H2,1-4H3,(H,31,36)/t17-,23-,27-/m0/s1. The molecule has 0 aliphatic heterocycles. The van der Waals surface area contributed by atoms with Crippen LogP contribution in [0.5, 0.6) is 11.5 Å². The summed E-state index contributed by atoms with van der Waals surface area (Å²) in [6, 6.07) is 12.0. The highest BCUT2D eigenvalue weighted by atomic mass is 32.1. The minimum absolute atomic E-state index is 0.0433. The van der Waals surface area contributed by atoms with Crippen molar-refractivity contribution in [1.29, 1.82) is 0 Å². The number of aromatic hydroxyl groups is 1. The first-order chi connectivity index (χ1) is 17.1. The summed E-state index contributed by atoms with van der Waals surface area (Å²) in [6.45, 7) is 5.15. The maximum absolute atomic E-state index is 13.8. The fourth-order valence-electron chi connectivity index (χ4n) is 3.95. The van der Waals surface area contributed by atoms with Crippen molar-refractivity contribution in [3.05, 3.63) is 88.7 Å². The molecule has 1 heterocycles. The van der Waals surface area contributed by atoms with Gasteiger partial charge in [0, 0.05) is 18.2 Å². The lowest BCUT2D eigenvalue weighted by atomic mass is 9.84. The number of hydrogen-bond donors (Lipinski definition) is 2. The average Bonchev–Trinajstić information content (AvgIpc) is 2.85. The van der Waals surface area contributed by atoms with Gasteiger partial charge in [0.2, 0.25) is 0 Å². The van der Waals surface area contributed by atoms with Crippen molar-refractivity contribution >= 4 is 23.5 Å². The maximum atomic E-state index is 13.8. The van der Waals surface area contributed by atoms with E-state index in [1.807, 2.05) is 6.92 Å². The number of aldehydes is 1. The fraction of sp³-hybridized carbons (Fsp3) is 0.296. The molecule has 3 rings (SSSR count). The molecule has 0 amide bonds. The SMILES string of the molecule is COc1ccnc(C(=S)N[C@@](C)(C=O)CO[C@@H](C)[C@@H](c2ccc(F)cc2)c2ccc(F)cc2C)c1O. The number of thiocarbonyl (C=S) groups is 1. The van der Waals surface area contributed by atoms with Gasteiger partial charge in [0.15, 0.2) is 11.5 Å². The summed E-state index contributed by atoms with van der Waals surface area (Å²) in [7, 11) is 1.40. The predicted octanol–water partition coefficient (Wildman–Crippen LogP) is 4.84. The summed E-state index contributed by atoms with van der Waals surface area (Å²) in [5, 5.41) is 13.3. The topological polar surface area (TPSA) is 80.7 Å². The first kappa shape index (κ1) is 27.2. The molecule has 0 aliphatic carbocycles. The van der Waals surface area contributed by atoms with E-state index in [1.54, 1.807) is 32.0 Å². The van der Waals surface area contributed by atoms with Crippen LogP contribution in [0.2, 0.25) is 0 Å². The summed E-state index contributed by atoms with van der Waals surface area (Å²) in [4.78, 5) is 16.2. The average molecular weight is 515 g/mol. The Hall–Kier alpha value is -3.43. The van der Waals surface area contributed by atoms with Gasteiger partial charge < -0.3 is 24.7 Å². The lowest BCUT2D eigenvalue weighted by Crippen LogP contribution is -2.51. The first-order valence-corrected chi connectivity index (χ1v) is 11.6. The molecular weight excluding hydrogens is 486 g/mol. The van der Waals surface area contributed by atoms with Gasteiger partial charge in [-0.25, -0.2) is 13.8 Å². The molecule has 0 bridgehead atoms. The van der Waals surface area contributed by atoms with Gasteiger partial charge in [0.25, 0.3) is 0 Å². The van der Waals surface area contributed by atoms with Crippen LogP contribution in [-0.2, 0) is 9.53 Å². The minimum Gasteiger partial charge on any atom is -0.503 e. The number of carbonyl (C=O) groups excluding carboxylic acids is 1. The Bertz CT molecular complexity index is 1240. The Morgan fingerprint density at radius 1 is 1.19 bits per heavy atom. The third-order valence-corrected chi connectivity index (χ3v) is 6.19. The van der Waals surface area contributed by atoms with Gasteiger partial charge in [0.1, 0.15) is 34.1 Å². The molecule has 3 aromatic rings. The summed E-state index contributed by atoms with van der Waals surface area (Å²) in [5.74, 6) is -1.15. The van der Waals surface area contributed by atoms with Crippen LogP contribution in [0.25, 0.3) is 0 Å². The van der Waals surface area contributed by atoms with Gasteiger partial charge in [-0.2, -0.15) is 0 Å². The third-order valence-electron chi connectivity index (χ3n) is 5.89.